The first-order chi connectivity index (χ1) is 8.01. The van der Waals surface area contributed by atoms with Crippen molar-refractivity contribution in [3.05, 3.63) is 33.3 Å². The van der Waals surface area contributed by atoms with Gasteiger partial charge in [0.05, 0.1) is 5.41 Å². The third-order valence-corrected chi connectivity index (χ3v) is 4.73. The number of alkyl halides is 1. The van der Waals surface area contributed by atoms with Crippen molar-refractivity contribution in [1.29, 1.82) is 0 Å². The third kappa shape index (κ3) is 2.51. The van der Waals surface area contributed by atoms with E-state index in [0.717, 1.165) is 16.5 Å². The molecule has 1 aromatic carbocycles. The first-order valence-electron chi connectivity index (χ1n) is 5.22. The minimum atomic E-state index is -0.499. The van der Waals surface area contributed by atoms with Crippen molar-refractivity contribution in [2.75, 3.05) is 5.88 Å². The van der Waals surface area contributed by atoms with Crippen LogP contribution in [-0.4, -0.2) is 11.1 Å². The van der Waals surface area contributed by atoms with Crippen LogP contribution in [0.2, 0.25) is 5.02 Å². The molecule has 1 aliphatic carbocycles. The van der Waals surface area contributed by atoms with Gasteiger partial charge in [0.2, 0.25) is 5.24 Å². The van der Waals surface area contributed by atoms with Gasteiger partial charge in [0.15, 0.2) is 0 Å². The molecule has 0 heterocycles. The molecular formula is C12H10BrCl3O. The predicted octanol–water partition coefficient (Wildman–Crippen LogP) is 4.97. The summed E-state index contributed by atoms with van der Waals surface area (Å²) in [6, 6.07) is 5.69. The molecule has 0 radical (unpaired) electrons. The topological polar surface area (TPSA) is 17.1 Å². The molecule has 17 heavy (non-hydrogen) atoms. The van der Waals surface area contributed by atoms with Gasteiger partial charge in [0, 0.05) is 21.3 Å². The third-order valence-electron chi connectivity index (χ3n) is 3.35. The molecule has 0 aliphatic heterocycles. The molecule has 0 saturated heterocycles. The van der Waals surface area contributed by atoms with Crippen LogP contribution in [0, 0.1) is 5.41 Å². The zero-order valence-corrected chi connectivity index (χ0v) is 12.7. The van der Waals surface area contributed by atoms with Crippen molar-refractivity contribution in [2.45, 2.75) is 18.8 Å². The fourth-order valence-electron chi connectivity index (χ4n) is 2.26. The highest BCUT2D eigenvalue weighted by molar-refractivity contribution is 9.10. The molecule has 0 unspecified atom stereocenters. The molecule has 1 aromatic rings. The zero-order valence-electron chi connectivity index (χ0n) is 8.85. The molecular weight excluding hydrogens is 346 g/mol. The highest BCUT2D eigenvalue weighted by atomic mass is 79.9. The summed E-state index contributed by atoms with van der Waals surface area (Å²) < 4.78 is 0.923. The number of hydrogen-bond acceptors (Lipinski definition) is 1. The van der Waals surface area contributed by atoms with Crippen LogP contribution in [0.15, 0.2) is 22.7 Å². The smallest absolute Gasteiger partial charge is 0.228 e. The van der Waals surface area contributed by atoms with E-state index in [1.54, 1.807) is 0 Å². The number of rotatable bonds is 4. The molecule has 1 aliphatic rings. The Morgan fingerprint density at radius 3 is 2.76 bits per heavy atom. The van der Waals surface area contributed by atoms with E-state index < -0.39 is 5.41 Å². The molecule has 0 bridgehead atoms. The summed E-state index contributed by atoms with van der Waals surface area (Å²) in [5, 5.41) is 0.362. The lowest BCUT2D eigenvalue weighted by molar-refractivity contribution is -0.116. The zero-order chi connectivity index (χ0) is 12.6. The van der Waals surface area contributed by atoms with Crippen molar-refractivity contribution < 1.29 is 4.79 Å². The number of benzene rings is 1. The lowest BCUT2D eigenvalue weighted by atomic mass is 9.97. The predicted molar refractivity (Wildman–Crippen MR) is 75.1 cm³/mol. The molecule has 2 atom stereocenters. The van der Waals surface area contributed by atoms with Gasteiger partial charge in [-0.05, 0) is 42.1 Å². The van der Waals surface area contributed by atoms with E-state index in [1.165, 1.54) is 0 Å². The summed E-state index contributed by atoms with van der Waals surface area (Å²) in [5.41, 5.74) is 0.481. The molecule has 1 saturated carbocycles. The molecule has 0 N–H and O–H groups in total. The SMILES string of the molecule is O=C(Cl)[C@@]1(CCCl)C[C@@H]1c1ccc(Br)cc1Cl. The second-order valence-corrected chi connectivity index (χ2v) is 6.34. The van der Waals surface area contributed by atoms with Crippen LogP contribution in [0.4, 0.5) is 0 Å². The first kappa shape index (κ1) is 13.7. The lowest BCUT2D eigenvalue weighted by Gasteiger charge is -2.11. The molecule has 0 spiro atoms. The Hall–Kier alpha value is 0.240. The van der Waals surface area contributed by atoms with Crippen LogP contribution in [0.3, 0.4) is 0 Å². The monoisotopic (exact) mass is 354 g/mol. The Kier molecular flexibility index (Phi) is 4.09. The fourth-order valence-corrected chi connectivity index (χ4v) is 3.70. The summed E-state index contributed by atoms with van der Waals surface area (Å²) >= 11 is 21.0. The van der Waals surface area contributed by atoms with Gasteiger partial charge >= 0.3 is 0 Å². The molecule has 1 fully saturated rings. The molecule has 2 rings (SSSR count). The van der Waals surface area contributed by atoms with E-state index in [0.29, 0.717) is 17.3 Å². The second-order valence-electron chi connectivity index (χ2n) is 4.29. The standard InChI is InChI=1S/C12H10BrCl3O/c13-7-1-2-8(10(15)5-7)9-6-12(9,3-4-14)11(16)17/h1-2,5,9H,3-4,6H2/t9-,12+/m1/s1. The fraction of sp³-hybridized carbons (Fsp3) is 0.417. The normalized spacial score (nSPS) is 26.9. The summed E-state index contributed by atoms with van der Waals surface area (Å²) in [7, 11) is 0. The maximum Gasteiger partial charge on any atom is 0.228 e. The molecule has 1 nitrogen and oxygen atoms in total. The Labute approximate surface area is 124 Å². The Bertz CT molecular complexity index is 463. The summed E-state index contributed by atoms with van der Waals surface area (Å²) in [5.74, 6) is 0.537. The van der Waals surface area contributed by atoms with Crippen molar-refractivity contribution in [3.8, 4) is 0 Å². The first-order valence-corrected chi connectivity index (χ1v) is 7.30. The van der Waals surface area contributed by atoms with Gasteiger partial charge in [-0.2, -0.15) is 0 Å². The number of halogens is 4. The van der Waals surface area contributed by atoms with Crippen LogP contribution in [0.25, 0.3) is 0 Å². The number of hydrogen-bond donors (Lipinski definition) is 0. The number of carbonyl (C=O) groups excluding carboxylic acids is 1. The Morgan fingerprint density at radius 2 is 2.24 bits per heavy atom. The van der Waals surface area contributed by atoms with Crippen LogP contribution >= 0.6 is 50.7 Å². The molecule has 0 amide bonds. The van der Waals surface area contributed by atoms with E-state index in [-0.39, 0.29) is 11.2 Å². The maximum absolute atomic E-state index is 11.5. The van der Waals surface area contributed by atoms with Gasteiger partial charge in [-0.3, -0.25) is 4.79 Å². The molecule has 92 valence electrons. The maximum atomic E-state index is 11.5. The van der Waals surface area contributed by atoms with E-state index in [9.17, 15) is 4.79 Å². The van der Waals surface area contributed by atoms with Crippen molar-refractivity contribution in [3.63, 3.8) is 0 Å². The average Bonchev–Trinajstić information content (AvgIpc) is 2.94. The average molecular weight is 356 g/mol. The van der Waals surface area contributed by atoms with E-state index in [2.05, 4.69) is 15.9 Å². The highest BCUT2D eigenvalue weighted by Gasteiger charge is 2.59. The summed E-state index contributed by atoms with van der Waals surface area (Å²) in [4.78, 5) is 11.5. The summed E-state index contributed by atoms with van der Waals surface area (Å²) in [6.45, 7) is 0. The van der Waals surface area contributed by atoms with Gasteiger partial charge in [-0.15, -0.1) is 11.6 Å². The van der Waals surface area contributed by atoms with Crippen molar-refractivity contribution in [2.24, 2.45) is 5.41 Å². The minimum absolute atomic E-state index is 0.104. The largest absolute Gasteiger partial charge is 0.281 e. The minimum Gasteiger partial charge on any atom is -0.281 e. The van der Waals surface area contributed by atoms with Crippen LogP contribution in [-0.2, 0) is 4.79 Å². The lowest BCUT2D eigenvalue weighted by Crippen LogP contribution is -2.13. The van der Waals surface area contributed by atoms with Crippen LogP contribution in [0.5, 0.6) is 0 Å². The van der Waals surface area contributed by atoms with Crippen molar-refractivity contribution >= 4 is 56.0 Å². The molecule has 5 heteroatoms. The Morgan fingerprint density at radius 1 is 1.53 bits per heavy atom. The van der Waals surface area contributed by atoms with Crippen LogP contribution in [0.1, 0.15) is 24.3 Å². The van der Waals surface area contributed by atoms with Gasteiger partial charge in [-0.1, -0.05) is 33.6 Å². The molecule has 0 aromatic heterocycles. The van der Waals surface area contributed by atoms with Crippen molar-refractivity contribution in [1.82, 2.24) is 0 Å². The van der Waals surface area contributed by atoms with E-state index in [1.807, 2.05) is 18.2 Å². The summed E-state index contributed by atoms with van der Waals surface area (Å²) in [6.07, 6.45) is 1.34. The van der Waals surface area contributed by atoms with Crippen LogP contribution < -0.4 is 0 Å². The van der Waals surface area contributed by atoms with Gasteiger partial charge in [0.1, 0.15) is 0 Å². The van der Waals surface area contributed by atoms with Gasteiger partial charge in [0.25, 0.3) is 0 Å². The van der Waals surface area contributed by atoms with Gasteiger partial charge in [-0.25, -0.2) is 0 Å². The number of carbonyl (C=O) groups is 1. The highest BCUT2D eigenvalue weighted by Crippen LogP contribution is 2.64. The Balaban J connectivity index is 2.29. The van der Waals surface area contributed by atoms with E-state index in [4.69, 9.17) is 34.8 Å². The quantitative estimate of drug-likeness (QED) is 0.550. The van der Waals surface area contributed by atoms with Gasteiger partial charge < -0.3 is 0 Å². The second kappa shape index (κ2) is 5.08. The van der Waals surface area contributed by atoms with E-state index >= 15 is 0 Å².